The van der Waals surface area contributed by atoms with E-state index in [1.165, 1.54) is 12.1 Å². The van der Waals surface area contributed by atoms with Crippen molar-refractivity contribution >= 4 is 23.4 Å². The van der Waals surface area contributed by atoms with Gasteiger partial charge in [0.1, 0.15) is 17.3 Å². The maximum absolute atomic E-state index is 13.4. The van der Waals surface area contributed by atoms with Crippen molar-refractivity contribution in [2.45, 2.75) is 11.4 Å². The normalized spacial score (nSPS) is 10.5. The summed E-state index contributed by atoms with van der Waals surface area (Å²) in [6.45, 7) is 0.364. The van der Waals surface area contributed by atoms with Gasteiger partial charge < -0.3 is 10.5 Å². The topological polar surface area (TPSA) is 35.2 Å². The number of ether oxygens (including phenoxy) is 1. The lowest BCUT2D eigenvalue weighted by molar-refractivity contribution is 0.469. The summed E-state index contributed by atoms with van der Waals surface area (Å²) < 4.78 is 19.1. The molecule has 0 saturated heterocycles. The molecule has 0 atom stereocenters. The van der Waals surface area contributed by atoms with E-state index in [1.807, 2.05) is 24.5 Å². The van der Waals surface area contributed by atoms with Gasteiger partial charge in [-0.1, -0.05) is 17.7 Å². The molecule has 0 unspecified atom stereocenters. The summed E-state index contributed by atoms with van der Waals surface area (Å²) >= 11 is 7.23. The van der Waals surface area contributed by atoms with Crippen LogP contribution in [0.25, 0.3) is 0 Å². The highest BCUT2D eigenvalue weighted by atomic mass is 35.5. The molecule has 0 aliphatic rings. The van der Waals surface area contributed by atoms with Crippen molar-refractivity contribution in [3.8, 4) is 11.5 Å². The predicted molar refractivity (Wildman–Crippen MR) is 77.6 cm³/mol. The van der Waals surface area contributed by atoms with Gasteiger partial charge in [0.25, 0.3) is 0 Å². The Hall–Kier alpha value is -1.23. The van der Waals surface area contributed by atoms with Gasteiger partial charge in [-0.3, -0.25) is 0 Å². The molecule has 2 aromatic carbocycles. The van der Waals surface area contributed by atoms with Crippen molar-refractivity contribution in [3.05, 3.63) is 52.8 Å². The van der Waals surface area contributed by atoms with Crippen molar-refractivity contribution in [1.82, 2.24) is 0 Å². The molecule has 0 aliphatic carbocycles. The molecule has 5 heteroatoms. The molecule has 0 amide bonds. The van der Waals surface area contributed by atoms with Gasteiger partial charge in [-0.25, -0.2) is 4.39 Å². The molecule has 0 fully saturated rings. The Morgan fingerprint density at radius 1 is 1.32 bits per heavy atom. The van der Waals surface area contributed by atoms with Crippen LogP contribution in [0.4, 0.5) is 4.39 Å². The van der Waals surface area contributed by atoms with Crippen molar-refractivity contribution in [2.75, 3.05) is 6.26 Å². The minimum atomic E-state index is -0.505. The van der Waals surface area contributed by atoms with Crippen LogP contribution in [-0.4, -0.2) is 6.26 Å². The first-order valence-corrected chi connectivity index (χ1v) is 7.25. The zero-order valence-corrected chi connectivity index (χ0v) is 11.9. The molecule has 2 aromatic rings. The summed E-state index contributed by atoms with van der Waals surface area (Å²) in [5.41, 5.74) is 6.65. The zero-order chi connectivity index (χ0) is 13.8. The van der Waals surface area contributed by atoms with Gasteiger partial charge in [0, 0.05) is 23.1 Å². The van der Waals surface area contributed by atoms with E-state index >= 15 is 0 Å². The number of nitrogens with two attached hydrogens (primary N) is 1. The van der Waals surface area contributed by atoms with E-state index < -0.39 is 5.82 Å². The zero-order valence-electron chi connectivity index (χ0n) is 10.3. The maximum Gasteiger partial charge on any atom is 0.145 e. The first-order chi connectivity index (χ1) is 9.15. The van der Waals surface area contributed by atoms with E-state index in [-0.39, 0.29) is 5.02 Å². The third-order valence-electron chi connectivity index (χ3n) is 2.63. The lowest BCUT2D eigenvalue weighted by Crippen LogP contribution is -2.01. The van der Waals surface area contributed by atoms with Gasteiger partial charge in [0.15, 0.2) is 0 Å². The summed E-state index contributed by atoms with van der Waals surface area (Å²) in [5.74, 6) is 0.528. The summed E-state index contributed by atoms with van der Waals surface area (Å²) in [4.78, 5) is 1.05. The van der Waals surface area contributed by atoms with E-state index in [0.717, 1.165) is 10.5 Å². The van der Waals surface area contributed by atoms with Gasteiger partial charge in [-0.2, -0.15) is 0 Å². The van der Waals surface area contributed by atoms with Gasteiger partial charge in [-0.05, 0) is 30.5 Å². The second-order valence-electron chi connectivity index (χ2n) is 3.82. The molecule has 0 saturated carbocycles. The minimum Gasteiger partial charge on any atom is -0.457 e. The predicted octanol–water partition coefficient (Wildman–Crippen LogP) is 4.45. The van der Waals surface area contributed by atoms with Crippen LogP contribution in [0.3, 0.4) is 0 Å². The highest BCUT2D eigenvalue weighted by Gasteiger charge is 2.09. The van der Waals surface area contributed by atoms with E-state index in [4.69, 9.17) is 22.1 Å². The maximum atomic E-state index is 13.4. The van der Waals surface area contributed by atoms with Gasteiger partial charge in [0.05, 0.1) is 5.02 Å². The average molecular weight is 298 g/mol. The molecular weight excluding hydrogens is 285 g/mol. The molecule has 100 valence electrons. The van der Waals surface area contributed by atoms with Crippen molar-refractivity contribution < 1.29 is 9.13 Å². The summed E-state index contributed by atoms with van der Waals surface area (Å²) in [7, 11) is 0. The second kappa shape index (κ2) is 6.28. The molecule has 19 heavy (non-hydrogen) atoms. The Morgan fingerprint density at radius 2 is 2.11 bits per heavy atom. The Balaban J connectivity index is 2.35. The lowest BCUT2D eigenvalue weighted by Gasteiger charge is -2.13. The van der Waals surface area contributed by atoms with Crippen LogP contribution in [0.15, 0.2) is 41.3 Å². The van der Waals surface area contributed by atoms with Crippen LogP contribution in [0, 0.1) is 5.82 Å². The number of rotatable bonds is 4. The molecule has 0 radical (unpaired) electrons. The fourth-order valence-electron chi connectivity index (χ4n) is 1.70. The van der Waals surface area contributed by atoms with Gasteiger partial charge >= 0.3 is 0 Å². The summed E-state index contributed by atoms with van der Waals surface area (Å²) in [5, 5.41) is 0.0734. The van der Waals surface area contributed by atoms with Crippen LogP contribution in [-0.2, 0) is 6.54 Å². The third kappa shape index (κ3) is 3.21. The number of hydrogen-bond acceptors (Lipinski definition) is 3. The number of thioether (sulfide) groups is 1. The van der Waals surface area contributed by atoms with Crippen LogP contribution >= 0.6 is 23.4 Å². The number of hydrogen-bond donors (Lipinski definition) is 1. The first-order valence-electron chi connectivity index (χ1n) is 5.64. The molecule has 0 aromatic heterocycles. The minimum absolute atomic E-state index is 0.0734. The molecular formula is C14H13ClFNOS. The Kier molecular flexibility index (Phi) is 4.69. The average Bonchev–Trinajstić information content (AvgIpc) is 2.42. The molecule has 0 aliphatic heterocycles. The second-order valence-corrected chi connectivity index (χ2v) is 5.07. The standard InChI is InChI=1S/C14H13ClFNOS/c1-19-14-4-2-3-13(10(14)8-17)18-9-5-6-11(15)12(16)7-9/h2-7H,8,17H2,1H3. The van der Waals surface area contributed by atoms with Crippen molar-refractivity contribution in [2.24, 2.45) is 5.73 Å². The van der Waals surface area contributed by atoms with Crippen LogP contribution < -0.4 is 10.5 Å². The van der Waals surface area contributed by atoms with Crippen molar-refractivity contribution in [1.29, 1.82) is 0 Å². The highest BCUT2D eigenvalue weighted by Crippen LogP contribution is 2.32. The number of benzene rings is 2. The fourth-order valence-corrected chi connectivity index (χ4v) is 2.46. The number of halogens is 2. The van der Waals surface area contributed by atoms with Crippen molar-refractivity contribution in [3.63, 3.8) is 0 Å². The summed E-state index contributed by atoms with van der Waals surface area (Å²) in [6.07, 6.45) is 1.97. The van der Waals surface area contributed by atoms with E-state index in [2.05, 4.69) is 0 Å². The quantitative estimate of drug-likeness (QED) is 0.847. The fraction of sp³-hybridized carbons (Fsp3) is 0.143. The monoisotopic (exact) mass is 297 g/mol. The molecule has 0 heterocycles. The van der Waals surface area contributed by atoms with Crippen LogP contribution in [0.2, 0.25) is 5.02 Å². The third-order valence-corrected chi connectivity index (χ3v) is 3.76. The Morgan fingerprint density at radius 3 is 2.74 bits per heavy atom. The Bertz CT molecular complexity index is 592. The molecule has 2 rings (SSSR count). The molecule has 0 bridgehead atoms. The van der Waals surface area contributed by atoms with Gasteiger partial charge in [0.2, 0.25) is 0 Å². The lowest BCUT2D eigenvalue weighted by atomic mass is 10.2. The SMILES string of the molecule is CSc1cccc(Oc2ccc(Cl)c(F)c2)c1CN. The highest BCUT2D eigenvalue weighted by molar-refractivity contribution is 7.98. The smallest absolute Gasteiger partial charge is 0.145 e. The van der Waals surface area contributed by atoms with E-state index in [0.29, 0.717) is 18.0 Å². The molecule has 0 spiro atoms. The summed E-state index contributed by atoms with van der Waals surface area (Å²) in [6, 6.07) is 10.0. The van der Waals surface area contributed by atoms with E-state index in [9.17, 15) is 4.39 Å². The first kappa shape index (κ1) is 14.2. The van der Waals surface area contributed by atoms with E-state index in [1.54, 1.807) is 17.8 Å². The molecule has 2 nitrogen and oxygen atoms in total. The largest absolute Gasteiger partial charge is 0.457 e. The van der Waals surface area contributed by atoms with Crippen LogP contribution in [0.1, 0.15) is 5.56 Å². The van der Waals surface area contributed by atoms with Gasteiger partial charge in [-0.15, -0.1) is 11.8 Å². The Labute approximate surface area is 120 Å². The molecule has 2 N–H and O–H groups in total. The van der Waals surface area contributed by atoms with Crippen LogP contribution in [0.5, 0.6) is 11.5 Å².